The van der Waals surface area contributed by atoms with Crippen LogP contribution in [0, 0.1) is 25.2 Å². The molecule has 10 rings (SSSR count). The number of pyridine rings is 1. The van der Waals surface area contributed by atoms with Crippen LogP contribution in [0.5, 0.6) is 0 Å². The van der Waals surface area contributed by atoms with Crippen molar-refractivity contribution in [1.82, 2.24) is 14.1 Å². The van der Waals surface area contributed by atoms with E-state index in [1.165, 1.54) is 22.3 Å². The maximum Gasteiger partial charge on any atom is 0.0998 e. The molecule has 0 fully saturated rings. The van der Waals surface area contributed by atoms with E-state index in [9.17, 15) is 5.26 Å². The normalized spacial score (nSPS) is 11.5. The van der Waals surface area contributed by atoms with Crippen molar-refractivity contribution in [3.05, 3.63) is 187 Å². The van der Waals surface area contributed by atoms with E-state index in [2.05, 4.69) is 169 Å². The minimum atomic E-state index is 0.605. The highest BCUT2D eigenvalue weighted by Gasteiger charge is 2.24. The molecule has 0 saturated carbocycles. The molecule has 0 aliphatic heterocycles. The Balaban J connectivity index is 1.35. The molecular weight excluding hydrogens is 657 g/mol. The Bertz CT molecular complexity index is 2970. The molecule has 254 valence electrons. The molecule has 0 amide bonds. The zero-order chi connectivity index (χ0) is 36.3. The second-order valence-electron chi connectivity index (χ2n) is 14.0. The van der Waals surface area contributed by atoms with Crippen LogP contribution in [-0.4, -0.2) is 14.1 Å². The van der Waals surface area contributed by atoms with Crippen LogP contribution in [0.25, 0.3) is 88.4 Å². The van der Waals surface area contributed by atoms with Crippen LogP contribution in [0.1, 0.15) is 16.7 Å². The van der Waals surface area contributed by atoms with Gasteiger partial charge < -0.3 is 9.13 Å². The zero-order valence-electron chi connectivity index (χ0n) is 30.0. The minimum Gasteiger partial charge on any atom is -0.307 e. The van der Waals surface area contributed by atoms with E-state index in [4.69, 9.17) is 4.98 Å². The van der Waals surface area contributed by atoms with Gasteiger partial charge in [-0.25, -0.2) is 0 Å². The average molecular weight is 691 g/mol. The first-order valence-corrected chi connectivity index (χ1v) is 18.3. The van der Waals surface area contributed by atoms with Crippen LogP contribution in [-0.2, 0) is 0 Å². The summed E-state index contributed by atoms with van der Waals surface area (Å²) in [5.74, 6) is 0. The molecule has 0 atom stereocenters. The maximum absolute atomic E-state index is 10.6. The molecule has 3 heterocycles. The summed E-state index contributed by atoms with van der Waals surface area (Å²) in [6.07, 6.45) is 3.93. The third-order valence-electron chi connectivity index (χ3n) is 11.0. The SMILES string of the molecule is Cc1ccccc1-c1ccc2c3ccccc3n(-c3cncc(-n4c5ccccc5c5ccc(-c6ccccc6C)cc54)c3-c3ccccc3C#N)c2c1. The first kappa shape index (κ1) is 31.5. The summed E-state index contributed by atoms with van der Waals surface area (Å²) in [7, 11) is 0. The third kappa shape index (κ3) is 4.80. The number of aryl methyl sites for hydroxylation is 2. The fourth-order valence-electron chi connectivity index (χ4n) is 8.44. The second-order valence-corrected chi connectivity index (χ2v) is 14.0. The molecule has 0 saturated heterocycles. The topological polar surface area (TPSA) is 46.5 Å². The Labute approximate surface area is 313 Å². The predicted octanol–water partition coefficient (Wildman–Crippen LogP) is 12.8. The van der Waals surface area contributed by atoms with Gasteiger partial charge in [0.2, 0.25) is 0 Å². The number of hydrogen-bond donors (Lipinski definition) is 0. The molecule has 0 spiro atoms. The molecule has 0 N–H and O–H groups in total. The highest BCUT2D eigenvalue weighted by Crippen LogP contribution is 2.43. The standard InChI is InChI=1S/C50H34N4/c1-32-13-3-6-16-37(32)34-23-25-42-40-19-9-11-21-44(40)53(46(42)27-34)48-30-52-31-49(50(48)39-18-8-5-15-36(39)29-51)54-45-22-12-10-20-41(45)43-26-24-35(28-47(43)54)38-17-7-4-14-33(38)2/h3-28,30-31H,1-2H3. The molecule has 3 aromatic heterocycles. The van der Waals surface area contributed by atoms with Crippen molar-refractivity contribution in [3.63, 3.8) is 0 Å². The van der Waals surface area contributed by atoms with Gasteiger partial charge in [-0.3, -0.25) is 4.98 Å². The Morgan fingerprint density at radius 1 is 0.444 bits per heavy atom. The van der Waals surface area contributed by atoms with Gasteiger partial charge in [-0.2, -0.15) is 5.26 Å². The Morgan fingerprint density at radius 2 is 0.870 bits per heavy atom. The summed E-state index contributed by atoms with van der Waals surface area (Å²) in [4.78, 5) is 5.03. The van der Waals surface area contributed by atoms with Crippen molar-refractivity contribution in [2.45, 2.75) is 13.8 Å². The predicted molar refractivity (Wildman–Crippen MR) is 223 cm³/mol. The summed E-state index contributed by atoms with van der Waals surface area (Å²) in [6, 6.07) is 58.3. The molecule has 0 aliphatic carbocycles. The first-order valence-electron chi connectivity index (χ1n) is 18.3. The number of nitriles is 1. The van der Waals surface area contributed by atoms with Crippen LogP contribution in [0.2, 0.25) is 0 Å². The van der Waals surface area contributed by atoms with Gasteiger partial charge in [0, 0.05) is 32.7 Å². The first-order chi connectivity index (χ1) is 26.6. The van der Waals surface area contributed by atoms with Crippen LogP contribution in [0.4, 0.5) is 0 Å². The summed E-state index contributed by atoms with van der Waals surface area (Å²) in [5.41, 5.74) is 15.7. The number of nitrogens with zero attached hydrogens (tertiary/aromatic N) is 4. The molecule has 10 aromatic rings. The summed E-state index contributed by atoms with van der Waals surface area (Å²) >= 11 is 0. The van der Waals surface area contributed by atoms with Crippen LogP contribution in [0.15, 0.2) is 170 Å². The average Bonchev–Trinajstić information content (AvgIpc) is 3.73. The van der Waals surface area contributed by atoms with Crippen molar-refractivity contribution >= 4 is 43.6 Å². The molecule has 0 bridgehead atoms. The second kappa shape index (κ2) is 12.5. The van der Waals surface area contributed by atoms with Crippen LogP contribution < -0.4 is 0 Å². The van der Waals surface area contributed by atoms with E-state index in [0.29, 0.717) is 5.56 Å². The van der Waals surface area contributed by atoms with Crippen molar-refractivity contribution < 1.29 is 0 Å². The number of para-hydroxylation sites is 2. The number of fused-ring (bicyclic) bond motifs is 6. The van der Waals surface area contributed by atoms with E-state index in [1.54, 1.807) is 0 Å². The van der Waals surface area contributed by atoms with Gasteiger partial charge in [-0.15, -0.1) is 0 Å². The smallest absolute Gasteiger partial charge is 0.0998 e. The summed E-state index contributed by atoms with van der Waals surface area (Å²) < 4.78 is 4.69. The Morgan fingerprint density at radius 3 is 1.37 bits per heavy atom. The number of hydrogen-bond acceptors (Lipinski definition) is 2. The lowest BCUT2D eigenvalue weighted by molar-refractivity contribution is 1.09. The number of aromatic nitrogens is 3. The molecule has 0 radical (unpaired) electrons. The molecule has 54 heavy (non-hydrogen) atoms. The van der Waals surface area contributed by atoms with Crippen LogP contribution in [0.3, 0.4) is 0 Å². The third-order valence-corrected chi connectivity index (χ3v) is 11.0. The quantitative estimate of drug-likeness (QED) is 0.180. The number of rotatable bonds is 5. The lowest BCUT2D eigenvalue weighted by Gasteiger charge is -2.20. The highest BCUT2D eigenvalue weighted by molar-refractivity contribution is 6.13. The Kier molecular flexibility index (Phi) is 7.28. The van der Waals surface area contributed by atoms with Gasteiger partial charge in [0.25, 0.3) is 0 Å². The van der Waals surface area contributed by atoms with Gasteiger partial charge in [0.1, 0.15) is 0 Å². The lowest BCUT2D eigenvalue weighted by Crippen LogP contribution is -2.05. The summed E-state index contributed by atoms with van der Waals surface area (Å²) in [6.45, 7) is 4.32. The lowest BCUT2D eigenvalue weighted by atomic mass is 9.97. The van der Waals surface area contributed by atoms with Gasteiger partial charge >= 0.3 is 0 Å². The molecule has 7 aromatic carbocycles. The maximum atomic E-state index is 10.6. The van der Waals surface area contributed by atoms with Crippen molar-refractivity contribution in [1.29, 1.82) is 5.26 Å². The summed E-state index contributed by atoms with van der Waals surface area (Å²) in [5, 5.41) is 15.2. The fourth-order valence-corrected chi connectivity index (χ4v) is 8.44. The van der Waals surface area contributed by atoms with Crippen molar-refractivity contribution in [2.75, 3.05) is 0 Å². The molecule has 0 unspecified atom stereocenters. The van der Waals surface area contributed by atoms with E-state index in [1.807, 2.05) is 30.6 Å². The molecular formula is C50H34N4. The van der Waals surface area contributed by atoms with Gasteiger partial charge in [-0.1, -0.05) is 127 Å². The van der Waals surface area contributed by atoms with E-state index in [0.717, 1.165) is 77.2 Å². The molecule has 4 heteroatoms. The molecule has 4 nitrogen and oxygen atoms in total. The highest BCUT2D eigenvalue weighted by atomic mass is 15.0. The van der Waals surface area contributed by atoms with Crippen LogP contribution >= 0.6 is 0 Å². The Hall–Kier alpha value is -7.22. The number of benzene rings is 7. The van der Waals surface area contributed by atoms with Crippen molar-refractivity contribution in [2.24, 2.45) is 0 Å². The largest absolute Gasteiger partial charge is 0.307 e. The van der Waals surface area contributed by atoms with Gasteiger partial charge in [0.15, 0.2) is 0 Å². The van der Waals surface area contributed by atoms with E-state index in [-0.39, 0.29) is 0 Å². The minimum absolute atomic E-state index is 0.605. The van der Waals surface area contributed by atoms with Gasteiger partial charge in [-0.05, 0) is 77.6 Å². The zero-order valence-corrected chi connectivity index (χ0v) is 30.0. The monoisotopic (exact) mass is 690 g/mol. The van der Waals surface area contributed by atoms with Gasteiger partial charge in [0.05, 0.1) is 57.5 Å². The fraction of sp³-hybridized carbons (Fsp3) is 0.0400. The van der Waals surface area contributed by atoms with E-state index >= 15 is 0 Å². The van der Waals surface area contributed by atoms with E-state index < -0.39 is 0 Å². The molecule has 0 aliphatic rings. The van der Waals surface area contributed by atoms with Crippen molar-refractivity contribution in [3.8, 4) is 50.8 Å².